The quantitative estimate of drug-likeness (QED) is 0.518. The molecule has 2 aromatic heterocycles. The molecule has 0 unspecified atom stereocenters. The van der Waals surface area contributed by atoms with Gasteiger partial charge in [-0.2, -0.15) is 4.73 Å². The van der Waals surface area contributed by atoms with Crippen LogP contribution in [0.3, 0.4) is 0 Å². The van der Waals surface area contributed by atoms with Gasteiger partial charge in [-0.15, -0.1) is 0 Å². The Morgan fingerprint density at radius 1 is 1.04 bits per heavy atom. The van der Waals surface area contributed by atoms with Crippen molar-refractivity contribution in [1.82, 2.24) is 19.3 Å². The third-order valence-electron chi connectivity index (χ3n) is 3.55. The predicted octanol–water partition coefficient (Wildman–Crippen LogP) is 1.45. The van der Waals surface area contributed by atoms with E-state index in [4.69, 9.17) is 14.7 Å². The largest absolute Gasteiger partial charge is 0.464 e. The number of unbranched alkanes of at least 4 members (excludes halogenated alkanes) is 3. The Labute approximate surface area is 158 Å². The maximum absolute atomic E-state index is 11.4. The fraction of sp³-hybridized carbons (Fsp3) is 0.556. The molecule has 9 nitrogen and oxygen atoms in total. The molecule has 0 radical (unpaired) electrons. The average molecular weight is 380 g/mol. The zero-order valence-electron chi connectivity index (χ0n) is 16.1. The van der Waals surface area contributed by atoms with Gasteiger partial charge in [0.15, 0.2) is 0 Å². The maximum atomic E-state index is 11.4. The van der Waals surface area contributed by atoms with E-state index in [9.17, 15) is 9.59 Å². The maximum Gasteiger partial charge on any atom is 0.329 e. The third kappa shape index (κ3) is 9.55. The molecule has 0 saturated heterocycles. The monoisotopic (exact) mass is 380 g/mol. The molecule has 0 amide bonds. The number of hydrogen-bond donors (Lipinski definition) is 1. The molecule has 0 aliphatic heterocycles. The average Bonchev–Trinajstić information content (AvgIpc) is 3.20. The van der Waals surface area contributed by atoms with Gasteiger partial charge in [-0.3, -0.25) is 4.79 Å². The smallest absolute Gasteiger partial charge is 0.329 e. The van der Waals surface area contributed by atoms with Crippen LogP contribution in [0.4, 0.5) is 0 Å². The zero-order chi connectivity index (χ0) is 20.1. The minimum atomic E-state index is -0.346. The Morgan fingerprint density at radius 2 is 1.70 bits per heavy atom. The summed E-state index contributed by atoms with van der Waals surface area (Å²) in [5, 5.41) is 8.59. The molecule has 2 heterocycles. The lowest BCUT2D eigenvalue weighted by Gasteiger charge is -2.06. The molecule has 0 atom stereocenters. The number of nitrogens with zero attached hydrogens (tertiary/aromatic N) is 4. The molecule has 0 aliphatic carbocycles. The number of carbonyl (C=O) groups is 2. The number of aliphatic hydroxyl groups excluding tert-OH is 1. The molecule has 9 heteroatoms. The van der Waals surface area contributed by atoms with Crippen molar-refractivity contribution in [3.63, 3.8) is 0 Å². The molecule has 2 aromatic rings. The van der Waals surface area contributed by atoms with Crippen molar-refractivity contribution >= 4 is 11.9 Å². The highest BCUT2D eigenvalue weighted by molar-refractivity contribution is 5.69. The van der Waals surface area contributed by atoms with E-state index in [1.54, 1.807) is 36.3 Å². The van der Waals surface area contributed by atoms with Gasteiger partial charge in [-0.25, -0.2) is 14.8 Å². The second-order valence-corrected chi connectivity index (χ2v) is 5.84. The fourth-order valence-electron chi connectivity index (χ4n) is 2.11. The highest BCUT2D eigenvalue weighted by Crippen LogP contribution is 2.01. The Hall–Kier alpha value is -2.68. The van der Waals surface area contributed by atoms with Crippen LogP contribution in [0.2, 0.25) is 0 Å². The lowest BCUT2D eigenvalue weighted by atomic mass is 10.2. The van der Waals surface area contributed by atoms with Crippen molar-refractivity contribution in [1.29, 1.82) is 0 Å². The van der Waals surface area contributed by atoms with E-state index in [2.05, 4.69) is 9.97 Å². The van der Waals surface area contributed by atoms with Crippen molar-refractivity contribution in [2.75, 3.05) is 13.2 Å². The van der Waals surface area contributed by atoms with E-state index in [-0.39, 0.29) is 25.1 Å². The summed E-state index contributed by atoms with van der Waals surface area (Å²) < 4.78 is 8.18. The molecule has 0 fully saturated rings. The van der Waals surface area contributed by atoms with Crippen molar-refractivity contribution in [3.8, 4) is 0 Å². The Bertz CT molecular complexity index is 695. The van der Waals surface area contributed by atoms with Gasteiger partial charge in [0.25, 0.3) is 0 Å². The third-order valence-corrected chi connectivity index (χ3v) is 3.55. The van der Waals surface area contributed by atoms with Crippen LogP contribution in [0.5, 0.6) is 0 Å². The second-order valence-electron chi connectivity index (χ2n) is 5.84. The number of hydrogen-bond acceptors (Lipinski definition) is 7. The number of rotatable bonds is 9. The number of aryl methyl sites for hydroxylation is 2. The van der Waals surface area contributed by atoms with E-state index in [0.717, 1.165) is 31.5 Å². The van der Waals surface area contributed by atoms with Crippen LogP contribution >= 0.6 is 0 Å². The summed E-state index contributed by atoms with van der Waals surface area (Å²) in [7, 11) is 0. The molecular weight excluding hydrogens is 352 g/mol. The normalized spacial score (nSPS) is 10.1. The van der Waals surface area contributed by atoms with Gasteiger partial charge in [0.1, 0.15) is 18.2 Å². The molecule has 0 aliphatic rings. The van der Waals surface area contributed by atoms with Crippen molar-refractivity contribution in [3.05, 3.63) is 36.4 Å². The summed E-state index contributed by atoms with van der Waals surface area (Å²) in [5.74, 6) is 0.898. The van der Waals surface area contributed by atoms with Gasteiger partial charge in [-0.1, -0.05) is 6.42 Å². The van der Waals surface area contributed by atoms with E-state index in [0.29, 0.717) is 12.4 Å². The van der Waals surface area contributed by atoms with E-state index >= 15 is 0 Å². The molecule has 27 heavy (non-hydrogen) atoms. The predicted molar refractivity (Wildman–Crippen MR) is 97.7 cm³/mol. The number of aromatic nitrogens is 4. The summed E-state index contributed by atoms with van der Waals surface area (Å²) >= 11 is 0. The summed E-state index contributed by atoms with van der Waals surface area (Å²) in [4.78, 5) is 34.4. The fourth-order valence-corrected chi connectivity index (χ4v) is 2.11. The van der Waals surface area contributed by atoms with Gasteiger partial charge in [0.05, 0.1) is 12.8 Å². The molecule has 2 rings (SSSR count). The number of carbonyl (C=O) groups excluding carboxylic acids is 2. The highest BCUT2D eigenvalue weighted by atomic mass is 16.7. The van der Waals surface area contributed by atoms with Crippen molar-refractivity contribution in [2.45, 2.75) is 53.0 Å². The second kappa shape index (κ2) is 12.6. The van der Waals surface area contributed by atoms with Crippen LogP contribution < -0.4 is 4.84 Å². The van der Waals surface area contributed by atoms with E-state index < -0.39 is 0 Å². The minimum absolute atomic E-state index is 0.225. The molecule has 0 saturated carbocycles. The highest BCUT2D eigenvalue weighted by Gasteiger charge is 2.05. The SMILES string of the molecule is CC(=O)On1ccnc1C.Cc1nccn1CC(=O)OCCCCCCO. The number of imidazole rings is 2. The lowest BCUT2D eigenvalue weighted by molar-refractivity contribution is -0.144. The summed E-state index contributed by atoms with van der Waals surface area (Å²) in [5.41, 5.74) is 0. The van der Waals surface area contributed by atoms with Crippen LogP contribution in [0.25, 0.3) is 0 Å². The van der Waals surface area contributed by atoms with Crippen molar-refractivity contribution in [2.24, 2.45) is 0 Å². The number of ether oxygens (including phenoxy) is 1. The summed E-state index contributed by atoms with van der Waals surface area (Å²) in [6.07, 6.45) is 10.2. The van der Waals surface area contributed by atoms with Crippen LogP contribution in [-0.4, -0.2) is 49.5 Å². The Balaban J connectivity index is 0.000000309. The van der Waals surface area contributed by atoms with Crippen LogP contribution in [0.1, 0.15) is 44.3 Å². The zero-order valence-corrected chi connectivity index (χ0v) is 16.1. The molecular formula is C18H28N4O5. The Morgan fingerprint density at radius 3 is 2.26 bits per heavy atom. The summed E-state index contributed by atoms with van der Waals surface area (Å²) in [6.45, 7) is 5.87. The van der Waals surface area contributed by atoms with Crippen molar-refractivity contribution < 1.29 is 24.3 Å². The van der Waals surface area contributed by atoms with Gasteiger partial charge in [0, 0.05) is 32.1 Å². The van der Waals surface area contributed by atoms with Gasteiger partial charge in [-0.05, 0) is 33.1 Å². The number of esters is 1. The molecule has 1 N–H and O–H groups in total. The van der Waals surface area contributed by atoms with E-state index in [1.807, 2.05) is 6.92 Å². The van der Waals surface area contributed by atoms with E-state index in [1.165, 1.54) is 11.7 Å². The van der Waals surface area contributed by atoms with Crippen LogP contribution in [0.15, 0.2) is 24.8 Å². The first-order valence-corrected chi connectivity index (χ1v) is 8.87. The Kier molecular flexibility index (Phi) is 10.5. The lowest BCUT2D eigenvalue weighted by Crippen LogP contribution is -2.16. The molecule has 150 valence electrons. The van der Waals surface area contributed by atoms with Gasteiger partial charge in [0.2, 0.25) is 0 Å². The van der Waals surface area contributed by atoms with Gasteiger partial charge < -0.3 is 19.2 Å². The molecule has 0 spiro atoms. The minimum Gasteiger partial charge on any atom is -0.464 e. The van der Waals surface area contributed by atoms with Crippen LogP contribution in [0, 0.1) is 13.8 Å². The molecule has 0 bridgehead atoms. The first-order chi connectivity index (χ1) is 12.9. The standard InChI is InChI=1S/C12H20N2O3.C6H8N2O2/c1-11-13-6-7-14(11)10-12(16)17-9-5-3-2-4-8-15;1-5-7-3-4-8(5)10-6(2)9/h6-7,15H,2-5,8-10H2,1H3;3-4H,1-2H3. The first kappa shape index (κ1) is 22.4. The first-order valence-electron chi connectivity index (χ1n) is 8.87. The molecule has 0 aromatic carbocycles. The number of aliphatic hydroxyl groups is 1. The van der Waals surface area contributed by atoms with Gasteiger partial charge >= 0.3 is 11.9 Å². The van der Waals surface area contributed by atoms with Crippen LogP contribution in [-0.2, 0) is 20.9 Å². The summed E-state index contributed by atoms with van der Waals surface area (Å²) in [6, 6.07) is 0. The topological polar surface area (TPSA) is 108 Å².